The Balaban J connectivity index is 2.47. The van der Waals surface area contributed by atoms with E-state index in [1.54, 1.807) is 16.8 Å². The fourth-order valence-electron chi connectivity index (χ4n) is 2.62. The zero-order valence-electron chi connectivity index (χ0n) is 12.3. The van der Waals surface area contributed by atoms with Gasteiger partial charge in [-0.1, -0.05) is 0 Å². The van der Waals surface area contributed by atoms with Crippen molar-refractivity contribution in [3.05, 3.63) is 0 Å². The molecule has 0 bridgehead atoms. The summed E-state index contributed by atoms with van der Waals surface area (Å²) >= 11 is 0. The summed E-state index contributed by atoms with van der Waals surface area (Å²) in [5.74, 6) is -0.847. The molecule has 2 amide bonds. The van der Waals surface area contributed by atoms with Crippen LogP contribution in [0.15, 0.2) is 0 Å². The number of hydrogen-bond donors (Lipinski definition) is 2. The van der Waals surface area contributed by atoms with E-state index in [2.05, 4.69) is 0 Å². The van der Waals surface area contributed by atoms with Crippen LogP contribution in [0.4, 0.5) is 4.79 Å². The molecule has 1 rings (SSSR count). The summed E-state index contributed by atoms with van der Waals surface area (Å²) in [7, 11) is 1.76. The minimum atomic E-state index is -0.847. The summed E-state index contributed by atoms with van der Waals surface area (Å²) in [5.41, 5.74) is 0. The van der Waals surface area contributed by atoms with Gasteiger partial charge in [0.1, 0.15) is 0 Å². The van der Waals surface area contributed by atoms with Gasteiger partial charge in [-0.05, 0) is 38.5 Å². The number of aliphatic hydroxyl groups is 1. The number of urea groups is 1. The Morgan fingerprint density at radius 1 is 1.25 bits per heavy atom. The Hall–Kier alpha value is -1.30. The number of hydrogen-bond acceptors (Lipinski definition) is 3. The van der Waals surface area contributed by atoms with Crippen molar-refractivity contribution in [2.24, 2.45) is 0 Å². The van der Waals surface area contributed by atoms with E-state index in [0.717, 1.165) is 38.5 Å². The van der Waals surface area contributed by atoms with Gasteiger partial charge in [0.2, 0.25) is 0 Å². The topological polar surface area (TPSA) is 81.1 Å². The number of carboxylic acids is 1. The number of rotatable bonds is 7. The van der Waals surface area contributed by atoms with E-state index in [9.17, 15) is 9.59 Å². The third-order valence-corrected chi connectivity index (χ3v) is 3.76. The molecule has 0 saturated carbocycles. The second-order valence-corrected chi connectivity index (χ2v) is 5.43. The molecule has 1 saturated heterocycles. The molecule has 0 radical (unpaired) electrons. The first kappa shape index (κ1) is 16.8. The number of aliphatic hydroxyl groups excluding tert-OH is 1. The van der Waals surface area contributed by atoms with Crippen LogP contribution in [0.3, 0.4) is 0 Å². The van der Waals surface area contributed by atoms with Crippen LogP contribution < -0.4 is 0 Å². The fourth-order valence-corrected chi connectivity index (χ4v) is 2.62. The lowest BCUT2D eigenvalue weighted by Crippen LogP contribution is -2.50. The normalized spacial score (nSPS) is 18.9. The Bertz CT molecular complexity index is 322. The maximum Gasteiger partial charge on any atom is 0.320 e. The van der Waals surface area contributed by atoms with Crippen molar-refractivity contribution >= 4 is 12.0 Å². The minimum absolute atomic E-state index is 0.0318. The maximum absolute atomic E-state index is 12.4. The summed E-state index contributed by atoms with van der Waals surface area (Å²) in [4.78, 5) is 26.6. The van der Waals surface area contributed by atoms with Crippen LogP contribution in [0.25, 0.3) is 0 Å². The van der Waals surface area contributed by atoms with Crippen LogP contribution in [0.1, 0.15) is 44.9 Å². The summed E-state index contributed by atoms with van der Waals surface area (Å²) < 4.78 is 0. The lowest BCUT2D eigenvalue weighted by molar-refractivity contribution is -0.138. The van der Waals surface area contributed by atoms with Gasteiger partial charge in [0.05, 0.1) is 6.42 Å². The van der Waals surface area contributed by atoms with Gasteiger partial charge in [-0.3, -0.25) is 4.79 Å². The van der Waals surface area contributed by atoms with Gasteiger partial charge < -0.3 is 20.0 Å². The maximum atomic E-state index is 12.4. The van der Waals surface area contributed by atoms with Crippen LogP contribution in [0, 0.1) is 0 Å². The number of carbonyl (C=O) groups is 2. The van der Waals surface area contributed by atoms with E-state index in [1.807, 2.05) is 0 Å². The van der Waals surface area contributed by atoms with E-state index < -0.39 is 5.97 Å². The Kier molecular flexibility index (Phi) is 7.36. The Morgan fingerprint density at radius 2 is 2.00 bits per heavy atom. The largest absolute Gasteiger partial charge is 0.481 e. The van der Waals surface area contributed by atoms with Gasteiger partial charge >= 0.3 is 12.0 Å². The number of carboxylic acid groups (broad SMARTS) is 1. The second kappa shape index (κ2) is 8.79. The highest BCUT2D eigenvalue weighted by Gasteiger charge is 2.29. The van der Waals surface area contributed by atoms with Gasteiger partial charge in [0.15, 0.2) is 0 Å². The molecule has 1 fully saturated rings. The van der Waals surface area contributed by atoms with Crippen molar-refractivity contribution in [3.8, 4) is 0 Å². The van der Waals surface area contributed by atoms with Gasteiger partial charge in [-0.25, -0.2) is 4.79 Å². The van der Waals surface area contributed by atoms with Gasteiger partial charge in [0.25, 0.3) is 0 Å². The van der Waals surface area contributed by atoms with Crippen LogP contribution in [-0.4, -0.2) is 64.8 Å². The van der Waals surface area contributed by atoms with Gasteiger partial charge in [-0.2, -0.15) is 0 Å². The number of amides is 2. The van der Waals surface area contributed by atoms with Crippen molar-refractivity contribution < 1.29 is 19.8 Å². The fraction of sp³-hybridized carbons (Fsp3) is 0.857. The summed E-state index contributed by atoms with van der Waals surface area (Å²) in [6, 6.07) is -0.242. The number of aliphatic carboxylic acids is 1. The molecule has 0 aromatic carbocycles. The predicted octanol–water partition coefficient (Wildman–Crippen LogP) is 1.53. The van der Waals surface area contributed by atoms with E-state index in [-0.39, 0.29) is 25.1 Å². The smallest absolute Gasteiger partial charge is 0.320 e. The van der Waals surface area contributed by atoms with E-state index in [0.29, 0.717) is 13.1 Å². The highest BCUT2D eigenvalue weighted by atomic mass is 16.4. The predicted molar refractivity (Wildman–Crippen MR) is 75.6 cm³/mol. The van der Waals surface area contributed by atoms with Crippen molar-refractivity contribution in [1.29, 1.82) is 0 Å². The molecule has 116 valence electrons. The zero-order chi connectivity index (χ0) is 15.0. The SMILES string of the molecule is CN(CCCCCO)C(=O)N1CCCCC1CC(=O)O. The third kappa shape index (κ3) is 5.36. The molecule has 1 atom stereocenters. The molecule has 0 aromatic rings. The standard InChI is InChI=1S/C14H26N2O4/c1-15(8-4-2-6-10-17)14(20)16-9-5-3-7-12(16)11-13(18)19/h12,17H,2-11H2,1H3,(H,18,19). The molecule has 1 unspecified atom stereocenters. The molecular weight excluding hydrogens is 260 g/mol. The lowest BCUT2D eigenvalue weighted by atomic mass is 10.00. The molecule has 0 aliphatic carbocycles. The number of carbonyl (C=O) groups excluding carboxylic acids is 1. The second-order valence-electron chi connectivity index (χ2n) is 5.43. The molecule has 0 spiro atoms. The average Bonchev–Trinajstić information content (AvgIpc) is 2.42. The van der Waals surface area contributed by atoms with Crippen LogP contribution in [0.2, 0.25) is 0 Å². The molecule has 1 heterocycles. The first-order chi connectivity index (χ1) is 9.56. The van der Waals surface area contributed by atoms with Crippen molar-refractivity contribution in [3.63, 3.8) is 0 Å². The van der Waals surface area contributed by atoms with E-state index >= 15 is 0 Å². The number of nitrogens with zero attached hydrogens (tertiary/aromatic N) is 2. The quantitative estimate of drug-likeness (QED) is 0.695. The van der Waals surface area contributed by atoms with E-state index in [1.165, 1.54) is 0 Å². The molecule has 20 heavy (non-hydrogen) atoms. The summed E-state index contributed by atoms with van der Waals surface area (Å²) in [6.45, 7) is 1.48. The van der Waals surface area contributed by atoms with E-state index in [4.69, 9.17) is 10.2 Å². The van der Waals surface area contributed by atoms with Gasteiger partial charge in [-0.15, -0.1) is 0 Å². The lowest BCUT2D eigenvalue weighted by Gasteiger charge is -2.37. The van der Waals surface area contributed by atoms with Crippen LogP contribution in [0.5, 0.6) is 0 Å². The Labute approximate surface area is 120 Å². The van der Waals surface area contributed by atoms with Crippen LogP contribution >= 0.6 is 0 Å². The first-order valence-electron chi connectivity index (χ1n) is 7.40. The number of piperidine rings is 1. The van der Waals surface area contributed by atoms with Crippen LogP contribution in [-0.2, 0) is 4.79 Å². The molecule has 6 nitrogen and oxygen atoms in total. The first-order valence-corrected chi connectivity index (χ1v) is 7.40. The molecule has 6 heteroatoms. The average molecular weight is 286 g/mol. The molecule has 1 aliphatic heterocycles. The molecule has 0 aromatic heterocycles. The highest BCUT2D eigenvalue weighted by molar-refractivity contribution is 5.76. The Morgan fingerprint density at radius 3 is 2.65 bits per heavy atom. The molecule has 2 N–H and O–H groups in total. The molecular formula is C14H26N2O4. The summed E-state index contributed by atoms with van der Waals surface area (Å²) in [5, 5.41) is 17.6. The number of unbranched alkanes of at least 4 members (excludes halogenated alkanes) is 2. The molecule has 1 aliphatic rings. The van der Waals surface area contributed by atoms with Crippen molar-refractivity contribution in [1.82, 2.24) is 9.80 Å². The minimum Gasteiger partial charge on any atom is -0.481 e. The monoisotopic (exact) mass is 286 g/mol. The highest BCUT2D eigenvalue weighted by Crippen LogP contribution is 2.21. The zero-order valence-corrected chi connectivity index (χ0v) is 12.3. The van der Waals surface area contributed by atoms with Crippen molar-refractivity contribution in [2.75, 3.05) is 26.7 Å². The summed E-state index contributed by atoms with van der Waals surface area (Å²) in [6.07, 6.45) is 5.25. The number of likely N-dealkylation sites (tertiary alicyclic amines) is 1. The van der Waals surface area contributed by atoms with Gasteiger partial charge in [0, 0.05) is 32.8 Å². The van der Waals surface area contributed by atoms with Crippen molar-refractivity contribution in [2.45, 2.75) is 51.0 Å². The third-order valence-electron chi connectivity index (χ3n) is 3.76.